The van der Waals surface area contributed by atoms with Gasteiger partial charge in [0.25, 0.3) is 5.91 Å². The van der Waals surface area contributed by atoms with E-state index >= 15 is 0 Å². The number of nitrogens with two attached hydrogens (primary N) is 1. The summed E-state index contributed by atoms with van der Waals surface area (Å²) in [6.45, 7) is 4.09. The third-order valence-electron chi connectivity index (χ3n) is 5.49. The van der Waals surface area contributed by atoms with Gasteiger partial charge in [-0.05, 0) is 43.4 Å². The van der Waals surface area contributed by atoms with E-state index < -0.39 is 5.91 Å². The lowest BCUT2D eigenvalue weighted by atomic mass is 10.0. The predicted octanol–water partition coefficient (Wildman–Crippen LogP) is 3.21. The zero-order valence-corrected chi connectivity index (χ0v) is 17.4. The number of hydrogen-bond donors (Lipinski definition) is 2. The fraction of sp³-hybridized carbons (Fsp3) is 0.208. The maximum Gasteiger partial charge on any atom is 0.269 e. The first-order valence-electron chi connectivity index (χ1n) is 10.1. The van der Waals surface area contributed by atoms with E-state index in [1.807, 2.05) is 30.3 Å². The fourth-order valence-electron chi connectivity index (χ4n) is 3.71. The van der Waals surface area contributed by atoms with Crippen molar-refractivity contribution in [2.75, 3.05) is 43.4 Å². The Morgan fingerprint density at radius 3 is 2.48 bits per heavy atom. The molecule has 4 rings (SSSR count). The van der Waals surface area contributed by atoms with Crippen LogP contribution in [0.2, 0.25) is 0 Å². The van der Waals surface area contributed by atoms with Gasteiger partial charge in [0.1, 0.15) is 0 Å². The van der Waals surface area contributed by atoms with Crippen LogP contribution in [0, 0.1) is 11.3 Å². The van der Waals surface area contributed by atoms with Crippen LogP contribution >= 0.6 is 0 Å². The highest BCUT2D eigenvalue weighted by molar-refractivity contribution is 5.98. The van der Waals surface area contributed by atoms with E-state index in [1.165, 1.54) is 5.69 Å². The Morgan fingerprint density at radius 1 is 1.10 bits per heavy atom. The summed E-state index contributed by atoms with van der Waals surface area (Å²) in [4.78, 5) is 20.9. The largest absolute Gasteiger partial charge is 0.369 e. The molecule has 0 saturated carbocycles. The minimum Gasteiger partial charge on any atom is -0.369 e. The van der Waals surface area contributed by atoms with Crippen molar-refractivity contribution in [1.29, 1.82) is 5.26 Å². The van der Waals surface area contributed by atoms with Gasteiger partial charge in [-0.1, -0.05) is 18.2 Å². The average molecular weight is 412 g/mol. The van der Waals surface area contributed by atoms with Gasteiger partial charge in [-0.25, -0.2) is 4.98 Å². The Morgan fingerprint density at radius 2 is 1.81 bits per heavy atom. The third-order valence-corrected chi connectivity index (χ3v) is 5.49. The standard InChI is InChI=1S/C24H24N6O/c1-29-10-12-30(13-11-29)20-8-6-19(7-9-20)28-22-14-18(16-27-23(22)24(26)31)21-5-3-2-4-17(21)15-25/h2-9,14,16,28H,10-13H2,1H3,(H2,26,31). The van der Waals surface area contributed by atoms with E-state index in [4.69, 9.17) is 5.73 Å². The van der Waals surface area contributed by atoms with Crippen molar-refractivity contribution in [3.63, 3.8) is 0 Å². The number of carbonyl (C=O) groups excluding carboxylic acids is 1. The second kappa shape index (κ2) is 8.86. The number of benzene rings is 2. The highest BCUT2D eigenvalue weighted by atomic mass is 16.1. The van der Waals surface area contributed by atoms with Crippen LogP contribution in [0.3, 0.4) is 0 Å². The Balaban J connectivity index is 1.61. The molecule has 1 aliphatic heterocycles. The molecule has 0 atom stereocenters. The maximum absolute atomic E-state index is 11.9. The third kappa shape index (κ3) is 4.49. The second-order valence-corrected chi connectivity index (χ2v) is 7.60. The fourth-order valence-corrected chi connectivity index (χ4v) is 3.71. The molecule has 7 heteroatoms. The molecule has 31 heavy (non-hydrogen) atoms. The van der Waals surface area contributed by atoms with Crippen molar-refractivity contribution >= 4 is 23.0 Å². The number of pyridine rings is 1. The van der Waals surface area contributed by atoms with Crippen molar-refractivity contribution in [3.05, 3.63) is 72.1 Å². The molecule has 3 N–H and O–H groups in total. The summed E-state index contributed by atoms with van der Waals surface area (Å²) >= 11 is 0. The van der Waals surface area contributed by atoms with E-state index in [0.717, 1.165) is 43.0 Å². The molecule has 0 aliphatic carbocycles. The summed E-state index contributed by atoms with van der Waals surface area (Å²) < 4.78 is 0. The lowest BCUT2D eigenvalue weighted by Crippen LogP contribution is -2.44. The molecule has 156 valence electrons. The summed E-state index contributed by atoms with van der Waals surface area (Å²) in [7, 11) is 2.14. The van der Waals surface area contributed by atoms with Gasteiger partial charge in [0.05, 0.1) is 17.3 Å². The maximum atomic E-state index is 11.9. The minimum absolute atomic E-state index is 0.154. The number of anilines is 3. The first kappa shape index (κ1) is 20.4. The van der Waals surface area contributed by atoms with Gasteiger partial charge >= 0.3 is 0 Å². The number of piperazine rings is 1. The Bertz CT molecular complexity index is 1130. The van der Waals surface area contributed by atoms with Crippen molar-refractivity contribution in [2.45, 2.75) is 0 Å². The molecule has 0 radical (unpaired) electrons. The van der Waals surface area contributed by atoms with Gasteiger partial charge in [0.2, 0.25) is 0 Å². The SMILES string of the molecule is CN1CCN(c2ccc(Nc3cc(-c4ccccc4C#N)cnc3C(N)=O)cc2)CC1. The van der Waals surface area contributed by atoms with E-state index in [2.05, 4.69) is 45.4 Å². The van der Waals surface area contributed by atoms with Gasteiger partial charge in [0, 0.05) is 54.9 Å². The van der Waals surface area contributed by atoms with Crippen LogP contribution in [0.4, 0.5) is 17.1 Å². The molecule has 1 saturated heterocycles. The number of hydrogen-bond acceptors (Lipinski definition) is 6. The minimum atomic E-state index is -0.614. The second-order valence-electron chi connectivity index (χ2n) is 7.60. The van der Waals surface area contributed by atoms with E-state index in [9.17, 15) is 10.1 Å². The molecule has 0 bridgehead atoms. The average Bonchev–Trinajstić information content (AvgIpc) is 2.80. The van der Waals surface area contributed by atoms with Crippen molar-refractivity contribution in [1.82, 2.24) is 9.88 Å². The van der Waals surface area contributed by atoms with Crippen LogP contribution in [0.15, 0.2) is 60.8 Å². The smallest absolute Gasteiger partial charge is 0.269 e. The van der Waals surface area contributed by atoms with E-state index in [1.54, 1.807) is 18.3 Å². The van der Waals surface area contributed by atoms with Gasteiger partial charge in [0.15, 0.2) is 5.69 Å². The summed E-state index contributed by atoms with van der Waals surface area (Å²) in [5, 5.41) is 12.7. The number of nitriles is 1. The molecule has 2 aromatic carbocycles. The van der Waals surface area contributed by atoms with Gasteiger partial charge in [-0.15, -0.1) is 0 Å². The highest BCUT2D eigenvalue weighted by Gasteiger charge is 2.16. The zero-order chi connectivity index (χ0) is 21.8. The molecular weight excluding hydrogens is 388 g/mol. The lowest BCUT2D eigenvalue weighted by Gasteiger charge is -2.34. The first-order valence-corrected chi connectivity index (χ1v) is 10.1. The number of nitrogens with zero attached hydrogens (tertiary/aromatic N) is 4. The quantitative estimate of drug-likeness (QED) is 0.668. The van der Waals surface area contributed by atoms with E-state index in [0.29, 0.717) is 11.3 Å². The van der Waals surface area contributed by atoms with Crippen molar-refractivity contribution in [2.24, 2.45) is 5.73 Å². The highest BCUT2D eigenvalue weighted by Crippen LogP contribution is 2.29. The number of rotatable bonds is 5. The number of aromatic nitrogens is 1. The van der Waals surface area contributed by atoms with Crippen molar-refractivity contribution < 1.29 is 4.79 Å². The Hall–Kier alpha value is -3.89. The van der Waals surface area contributed by atoms with Crippen LogP contribution in [-0.2, 0) is 0 Å². The number of primary amides is 1. The summed E-state index contributed by atoms with van der Waals surface area (Å²) in [5.74, 6) is -0.614. The Kier molecular flexibility index (Phi) is 5.83. The molecule has 1 amide bonds. The predicted molar refractivity (Wildman–Crippen MR) is 122 cm³/mol. The van der Waals surface area contributed by atoms with Crippen LogP contribution < -0.4 is 16.0 Å². The van der Waals surface area contributed by atoms with Crippen LogP contribution in [0.5, 0.6) is 0 Å². The van der Waals surface area contributed by atoms with Gasteiger partial charge in [-0.3, -0.25) is 4.79 Å². The van der Waals surface area contributed by atoms with Crippen molar-refractivity contribution in [3.8, 4) is 17.2 Å². The summed E-state index contributed by atoms with van der Waals surface area (Å²) in [5.41, 5.74) is 10.2. The molecule has 0 spiro atoms. The molecule has 3 aromatic rings. The van der Waals surface area contributed by atoms with Gasteiger partial charge < -0.3 is 20.9 Å². The number of likely N-dealkylation sites (N-methyl/N-ethyl adjacent to an activating group) is 1. The number of nitrogens with one attached hydrogen (secondary N) is 1. The normalized spacial score (nSPS) is 14.1. The molecule has 0 unspecified atom stereocenters. The molecule has 7 nitrogen and oxygen atoms in total. The monoisotopic (exact) mass is 412 g/mol. The number of amides is 1. The number of carbonyl (C=O) groups is 1. The van der Waals surface area contributed by atoms with Gasteiger partial charge in [-0.2, -0.15) is 5.26 Å². The summed E-state index contributed by atoms with van der Waals surface area (Å²) in [6, 6.07) is 19.4. The van der Waals surface area contributed by atoms with Crippen LogP contribution in [-0.4, -0.2) is 49.0 Å². The zero-order valence-electron chi connectivity index (χ0n) is 17.4. The van der Waals surface area contributed by atoms with E-state index in [-0.39, 0.29) is 5.69 Å². The molecule has 1 aromatic heterocycles. The molecule has 1 fully saturated rings. The molecule has 2 heterocycles. The topological polar surface area (TPSA) is 98.3 Å². The molecular formula is C24H24N6O. The van der Waals surface area contributed by atoms with Crippen LogP contribution in [0.1, 0.15) is 16.1 Å². The van der Waals surface area contributed by atoms with Crippen LogP contribution in [0.25, 0.3) is 11.1 Å². The lowest BCUT2D eigenvalue weighted by molar-refractivity contribution is 0.0996. The Labute approximate surface area is 181 Å². The first-order chi connectivity index (χ1) is 15.0. The summed E-state index contributed by atoms with van der Waals surface area (Å²) in [6.07, 6.45) is 1.57. The molecule has 1 aliphatic rings.